The largest absolute Gasteiger partial charge is 0.467 e. The molecule has 9 heteroatoms. The fourth-order valence-electron chi connectivity index (χ4n) is 4.19. The van der Waals surface area contributed by atoms with Crippen LogP contribution in [0.5, 0.6) is 0 Å². The third-order valence-corrected chi connectivity index (χ3v) is 5.81. The maximum atomic E-state index is 12.8. The molecule has 1 N–H and O–H groups in total. The number of ether oxygens (including phenoxy) is 1. The monoisotopic (exact) mass is 434 g/mol. The van der Waals surface area contributed by atoms with Gasteiger partial charge in [0.25, 0.3) is 5.56 Å². The van der Waals surface area contributed by atoms with Crippen LogP contribution in [0.25, 0.3) is 10.9 Å². The zero-order valence-electron chi connectivity index (χ0n) is 18.0. The van der Waals surface area contributed by atoms with Gasteiger partial charge in [-0.15, -0.1) is 5.10 Å². The van der Waals surface area contributed by atoms with Gasteiger partial charge in [-0.2, -0.15) is 0 Å². The SMILES string of the molecule is Cc1ccc2cc(CN(Cc3nnnn3Cc3ccco3)C[C@@H]3CCCO3)c(=O)[nH]c2c1. The summed E-state index contributed by atoms with van der Waals surface area (Å²) in [6, 6.07) is 11.8. The topological polar surface area (TPSA) is 102 Å². The number of nitrogens with one attached hydrogen (secondary N) is 1. The van der Waals surface area contributed by atoms with Gasteiger partial charge in [0.15, 0.2) is 5.82 Å². The quantitative estimate of drug-likeness (QED) is 0.455. The van der Waals surface area contributed by atoms with Crippen molar-refractivity contribution in [3.8, 4) is 0 Å². The Morgan fingerprint density at radius 3 is 3.00 bits per heavy atom. The number of aromatic amines is 1. The average Bonchev–Trinajstić information content (AvgIpc) is 3.54. The van der Waals surface area contributed by atoms with Crippen molar-refractivity contribution in [3.05, 3.63) is 75.7 Å². The molecule has 3 aromatic heterocycles. The third kappa shape index (κ3) is 4.63. The van der Waals surface area contributed by atoms with E-state index in [-0.39, 0.29) is 11.7 Å². The minimum atomic E-state index is -0.0735. The molecular formula is C23H26N6O3. The molecule has 0 radical (unpaired) electrons. The molecule has 1 aliphatic heterocycles. The smallest absolute Gasteiger partial charge is 0.252 e. The molecule has 5 rings (SSSR count). The molecule has 4 heterocycles. The minimum Gasteiger partial charge on any atom is -0.467 e. The highest BCUT2D eigenvalue weighted by atomic mass is 16.5. The fraction of sp³-hybridized carbons (Fsp3) is 0.391. The van der Waals surface area contributed by atoms with Crippen LogP contribution in [0.2, 0.25) is 0 Å². The normalized spacial score (nSPS) is 16.4. The summed E-state index contributed by atoms with van der Waals surface area (Å²) < 4.78 is 13.0. The Labute approximate surface area is 185 Å². The Hall–Kier alpha value is -3.30. The average molecular weight is 435 g/mol. The number of hydrogen-bond acceptors (Lipinski definition) is 7. The first kappa shape index (κ1) is 20.6. The number of tetrazole rings is 1. The van der Waals surface area contributed by atoms with E-state index in [1.165, 1.54) is 0 Å². The standard InChI is InChI=1S/C23H26N6O3/c1-16-6-7-17-11-18(23(30)24-21(17)10-16)12-28(13-19-4-2-8-31-19)15-22-25-26-27-29(22)14-20-5-3-9-32-20/h3,5-7,9-11,19H,2,4,8,12-15H2,1H3,(H,24,30)/t19-/m0/s1. The van der Waals surface area contributed by atoms with E-state index >= 15 is 0 Å². The van der Waals surface area contributed by atoms with Crippen molar-refractivity contribution in [2.24, 2.45) is 0 Å². The van der Waals surface area contributed by atoms with Crippen LogP contribution in [0.4, 0.5) is 0 Å². The number of furan rings is 1. The maximum absolute atomic E-state index is 12.8. The summed E-state index contributed by atoms with van der Waals surface area (Å²) in [7, 11) is 0. The van der Waals surface area contributed by atoms with Gasteiger partial charge in [0, 0.05) is 30.8 Å². The van der Waals surface area contributed by atoms with Gasteiger partial charge >= 0.3 is 0 Å². The molecule has 0 bridgehead atoms. The van der Waals surface area contributed by atoms with Crippen LogP contribution in [0.15, 0.2) is 51.9 Å². The first-order chi connectivity index (χ1) is 15.6. The van der Waals surface area contributed by atoms with Crippen LogP contribution in [0.1, 0.15) is 35.6 Å². The zero-order chi connectivity index (χ0) is 21.9. The third-order valence-electron chi connectivity index (χ3n) is 5.81. The molecular weight excluding hydrogens is 408 g/mol. The summed E-state index contributed by atoms with van der Waals surface area (Å²) in [6.07, 6.45) is 3.86. The Kier molecular flexibility index (Phi) is 5.83. The summed E-state index contributed by atoms with van der Waals surface area (Å²) in [6.45, 7) is 4.94. The molecule has 0 amide bonds. The summed E-state index contributed by atoms with van der Waals surface area (Å²) >= 11 is 0. The molecule has 1 aromatic carbocycles. The molecule has 9 nitrogen and oxygen atoms in total. The van der Waals surface area contributed by atoms with Gasteiger partial charge in [-0.25, -0.2) is 4.68 Å². The predicted molar refractivity (Wildman–Crippen MR) is 118 cm³/mol. The van der Waals surface area contributed by atoms with Gasteiger partial charge < -0.3 is 14.1 Å². The zero-order valence-corrected chi connectivity index (χ0v) is 18.0. The number of H-pyrrole nitrogens is 1. The van der Waals surface area contributed by atoms with Gasteiger partial charge in [0.05, 0.1) is 18.9 Å². The predicted octanol–water partition coefficient (Wildman–Crippen LogP) is 2.65. The second-order valence-electron chi connectivity index (χ2n) is 8.35. The molecule has 0 spiro atoms. The lowest BCUT2D eigenvalue weighted by Crippen LogP contribution is -2.34. The van der Waals surface area contributed by atoms with Crippen LogP contribution in [-0.4, -0.2) is 49.3 Å². The summed E-state index contributed by atoms with van der Waals surface area (Å²) in [5.74, 6) is 1.50. The van der Waals surface area contributed by atoms with E-state index in [4.69, 9.17) is 9.15 Å². The molecule has 32 heavy (non-hydrogen) atoms. The molecule has 1 atom stereocenters. The van der Waals surface area contributed by atoms with E-state index in [1.807, 2.05) is 37.3 Å². The number of benzene rings is 1. The molecule has 0 aliphatic carbocycles. The first-order valence-electron chi connectivity index (χ1n) is 10.9. The van der Waals surface area contributed by atoms with Crippen molar-refractivity contribution >= 4 is 10.9 Å². The van der Waals surface area contributed by atoms with Gasteiger partial charge in [0.2, 0.25) is 0 Å². The molecule has 4 aromatic rings. The number of fused-ring (bicyclic) bond motifs is 1. The number of pyridine rings is 1. The van der Waals surface area contributed by atoms with Crippen molar-refractivity contribution in [3.63, 3.8) is 0 Å². The van der Waals surface area contributed by atoms with Crippen LogP contribution in [-0.2, 0) is 24.4 Å². The lowest BCUT2D eigenvalue weighted by molar-refractivity contribution is 0.0663. The second kappa shape index (κ2) is 9.05. The second-order valence-corrected chi connectivity index (χ2v) is 8.35. The highest BCUT2D eigenvalue weighted by molar-refractivity contribution is 5.79. The van der Waals surface area contributed by atoms with Crippen LogP contribution in [0.3, 0.4) is 0 Å². The Morgan fingerprint density at radius 2 is 2.19 bits per heavy atom. The molecule has 1 fully saturated rings. The van der Waals surface area contributed by atoms with E-state index in [0.717, 1.165) is 41.7 Å². The lowest BCUT2D eigenvalue weighted by Gasteiger charge is -2.24. The lowest BCUT2D eigenvalue weighted by atomic mass is 10.1. The first-order valence-corrected chi connectivity index (χ1v) is 10.9. The van der Waals surface area contributed by atoms with Crippen LogP contribution < -0.4 is 5.56 Å². The molecule has 0 unspecified atom stereocenters. The van der Waals surface area contributed by atoms with Crippen molar-refractivity contribution in [2.45, 2.75) is 45.5 Å². The Balaban J connectivity index is 1.40. The maximum Gasteiger partial charge on any atom is 0.252 e. The number of aryl methyl sites for hydroxylation is 1. The summed E-state index contributed by atoms with van der Waals surface area (Å²) in [5.41, 5.74) is 2.61. The van der Waals surface area contributed by atoms with E-state index in [0.29, 0.717) is 37.6 Å². The number of rotatable bonds is 8. The van der Waals surface area contributed by atoms with Crippen molar-refractivity contribution in [1.82, 2.24) is 30.1 Å². The molecule has 0 saturated carbocycles. The summed E-state index contributed by atoms with van der Waals surface area (Å²) in [5, 5.41) is 13.2. The molecule has 1 aliphatic rings. The number of hydrogen-bond donors (Lipinski definition) is 1. The summed E-state index contributed by atoms with van der Waals surface area (Å²) in [4.78, 5) is 18.0. The van der Waals surface area contributed by atoms with Gasteiger partial charge in [-0.3, -0.25) is 9.69 Å². The highest BCUT2D eigenvalue weighted by Gasteiger charge is 2.22. The highest BCUT2D eigenvalue weighted by Crippen LogP contribution is 2.18. The number of aromatic nitrogens is 5. The fourth-order valence-corrected chi connectivity index (χ4v) is 4.19. The van der Waals surface area contributed by atoms with Gasteiger partial charge in [-0.05, 0) is 65.4 Å². The van der Waals surface area contributed by atoms with Gasteiger partial charge in [0.1, 0.15) is 12.3 Å². The van der Waals surface area contributed by atoms with Crippen molar-refractivity contribution in [1.29, 1.82) is 0 Å². The molecule has 1 saturated heterocycles. The van der Waals surface area contributed by atoms with E-state index in [9.17, 15) is 4.79 Å². The van der Waals surface area contributed by atoms with Crippen LogP contribution >= 0.6 is 0 Å². The van der Waals surface area contributed by atoms with E-state index in [2.05, 4.69) is 31.5 Å². The molecule has 166 valence electrons. The number of nitrogens with zero attached hydrogens (tertiary/aromatic N) is 5. The van der Waals surface area contributed by atoms with Crippen LogP contribution in [0, 0.1) is 6.92 Å². The van der Waals surface area contributed by atoms with E-state index in [1.54, 1.807) is 10.9 Å². The van der Waals surface area contributed by atoms with Crippen molar-refractivity contribution in [2.75, 3.05) is 13.2 Å². The van der Waals surface area contributed by atoms with E-state index < -0.39 is 0 Å². The Morgan fingerprint density at radius 1 is 1.25 bits per heavy atom. The minimum absolute atomic E-state index is 0.0735. The van der Waals surface area contributed by atoms with Crippen molar-refractivity contribution < 1.29 is 9.15 Å². The Bertz CT molecular complexity index is 1240. The van der Waals surface area contributed by atoms with Gasteiger partial charge in [-0.1, -0.05) is 12.1 Å².